The SMILES string of the molecule is CCn1c(SCC(=O)Nc2ccc(F)cc2)nnc1C(C)Oc1ccc(C(C)(C)C)cc1. The summed E-state index contributed by atoms with van der Waals surface area (Å²) in [5.41, 5.74) is 1.88. The first kappa shape index (κ1) is 23.8. The molecule has 0 radical (unpaired) electrons. The molecule has 0 saturated carbocycles. The maximum Gasteiger partial charge on any atom is 0.234 e. The molecule has 8 heteroatoms. The predicted molar refractivity (Wildman–Crippen MR) is 126 cm³/mol. The zero-order valence-corrected chi connectivity index (χ0v) is 19.9. The van der Waals surface area contributed by atoms with Gasteiger partial charge in [0.1, 0.15) is 11.6 Å². The number of nitrogens with one attached hydrogen (secondary N) is 1. The van der Waals surface area contributed by atoms with Crippen molar-refractivity contribution in [1.29, 1.82) is 0 Å². The molecule has 0 bridgehead atoms. The summed E-state index contributed by atoms with van der Waals surface area (Å²) in [7, 11) is 0. The molecule has 0 aliphatic rings. The van der Waals surface area contributed by atoms with Gasteiger partial charge in [0, 0.05) is 12.2 Å². The smallest absolute Gasteiger partial charge is 0.234 e. The highest BCUT2D eigenvalue weighted by molar-refractivity contribution is 7.99. The number of hydrogen-bond acceptors (Lipinski definition) is 5. The number of carbonyl (C=O) groups excluding carboxylic acids is 1. The standard InChI is InChI=1S/C24H29FN4O2S/c1-6-29-22(16(2)31-20-13-7-17(8-14-20)24(3,4)5)27-28-23(29)32-15-21(30)26-19-11-9-18(25)10-12-19/h7-14,16H,6,15H2,1-5H3,(H,26,30). The van der Waals surface area contributed by atoms with Gasteiger partial charge in [0.15, 0.2) is 17.1 Å². The topological polar surface area (TPSA) is 69.0 Å². The van der Waals surface area contributed by atoms with Gasteiger partial charge in [-0.15, -0.1) is 10.2 Å². The van der Waals surface area contributed by atoms with Crippen molar-refractivity contribution < 1.29 is 13.9 Å². The van der Waals surface area contributed by atoms with Gasteiger partial charge in [0.25, 0.3) is 0 Å². The van der Waals surface area contributed by atoms with Crippen LogP contribution in [0.2, 0.25) is 0 Å². The summed E-state index contributed by atoms with van der Waals surface area (Å²) in [5.74, 6) is 1.09. The molecule has 170 valence electrons. The minimum atomic E-state index is -0.345. The molecule has 3 rings (SSSR count). The Morgan fingerprint density at radius 2 is 1.78 bits per heavy atom. The van der Waals surface area contributed by atoms with Crippen LogP contribution in [0.4, 0.5) is 10.1 Å². The Hall–Kier alpha value is -2.87. The number of rotatable bonds is 8. The van der Waals surface area contributed by atoms with Crippen LogP contribution in [0, 0.1) is 5.82 Å². The Morgan fingerprint density at radius 3 is 2.38 bits per heavy atom. The highest BCUT2D eigenvalue weighted by Gasteiger charge is 2.20. The number of hydrogen-bond donors (Lipinski definition) is 1. The van der Waals surface area contributed by atoms with Gasteiger partial charge in [-0.05, 0) is 61.2 Å². The average Bonchev–Trinajstić information content (AvgIpc) is 3.17. The average molecular weight is 457 g/mol. The van der Waals surface area contributed by atoms with E-state index in [4.69, 9.17) is 4.74 Å². The second kappa shape index (κ2) is 10.2. The molecule has 1 amide bonds. The maximum absolute atomic E-state index is 13.0. The number of halogens is 1. The molecule has 6 nitrogen and oxygen atoms in total. The van der Waals surface area contributed by atoms with Crippen LogP contribution < -0.4 is 10.1 Å². The molecule has 0 aliphatic carbocycles. The summed E-state index contributed by atoms with van der Waals surface area (Å²) in [4.78, 5) is 12.2. The van der Waals surface area contributed by atoms with Gasteiger partial charge in [-0.3, -0.25) is 4.79 Å². The maximum atomic E-state index is 13.0. The zero-order valence-electron chi connectivity index (χ0n) is 19.1. The van der Waals surface area contributed by atoms with Crippen LogP contribution in [0.15, 0.2) is 53.7 Å². The van der Waals surface area contributed by atoms with E-state index >= 15 is 0 Å². The number of ether oxygens (including phenoxy) is 1. The number of benzene rings is 2. The molecule has 1 N–H and O–H groups in total. The Bertz CT molecular complexity index is 1040. The number of carbonyl (C=O) groups is 1. The number of nitrogens with zero attached hydrogens (tertiary/aromatic N) is 3. The van der Waals surface area contributed by atoms with Crippen molar-refractivity contribution in [3.63, 3.8) is 0 Å². The molecule has 2 aromatic carbocycles. The van der Waals surface area contributed by atoms with Gasteiger partial charge >= 0.3 is 0 Å². The van der Waals surface area contributed by atoms with E-state index in [1.54, 1.807) is 0 Å². The number of aromatic nitrogens is 3. The van der Waals surface area contributed by atoms with Crippen molar-refractivity contribution in [2.45, 2.75) is 57.8 Å². The molecule has 0 fully saturated rings. The fourth-order valence-electron chi connectivity index (χ4n) is 3.16. The molecule has 1 aromatic heterocycles. The van der Waals surface area contributed by atoms with E-state index in [2.05, 4.69) is 48.4 Å². The summed E-state index contributed by atoms with van der Waals surface area (Å²) in [6.07, 6.45) is -0.301. The molecule has 3 aromatic rings. The Labute approximate surface area is 192 Å². The number of anilines is 1. The highest BCUT2D eigenvalue weighted by atomic mass is 32.2. The van der Waals surface area contributed by atoms with Gasteiger partial charge in [-0.25, -0.2) is 4.39 Å². The van der Waals surface area contributed by atoms with Crippen LogP contribution >= 0.6 is 11.8 Å². The molecule has 0 saturated heterocycles. The normalized spacial score (nSPS) is 12.4. The van der Waals surface area contributed by atoms with E-state index in [0.717, 1.165) is 5.75 Å². The fraction of sp³-hybridized carbons (Fsp3) is 0.375. The van der Waals surface area contributed by atoms with Crippen LogP contribution in [-0.4, -0.2) is 26.4 Å². The van der Waals surface area contributed by atoms with Crippen LogP contribution in [-0.2, 0) is 16.8 Å². The third kappa shape index (κ3) is 6.09. The van der Waals surface area contributed by atoms with E-state index in [0.29, 0.717) is 23.2 Å². The lowest BCUT2D eigenvalue weighted by atomic mass is 9.87. The van der Waals surface area contributed by atoms with Crippen LogP contribution in [0.25, 0.3) is 0 Å². The Balaban J connectivity index is 1.62. The first-order chi connectivity index (χ1) is 15.2. The lowest BCUT2D eigenvalue weighted by Crippen LogP contribution is -2.15. The van der Waals surface area contributed by atoms with Crippen molar-refractivity contribution in [1.82, 2.24) is 14.8 Å². The summed E-state index contributed by atoms with van der Waals surface area (Å²) >= 11 is 1.30. The van der Waals surface area contributed by atoms with Crippen molar-refractivity contribution in [2.75, 3.05) is 11.1 Å². The van der Waals surface area contributed by atoms with Crippen LogP contribution in [0.1, 0.15) is 52.1 Å². The third-order valence-electron chi connectivity index (χ3n) is 4.92. The summed E-state index contributed by atoms with van der Waals surface area (Å²) < 4.78 is 21.0. The van der Waals surface area contributed by atoms with Gasteiger partial charge in [0.2, 0.25) is 5.91 Å². The number of thioether (sulfide) groups is 1. The largest absolute Gasteiger partial charge is 0.483 e. The molecule has 1 heterocycles. The summed E-state index contributed by atoms with van der Waals surface area (Å²) in [5, 5.41) is 12.0. The molecule has 0 aliphatic heterocycles. The Morgan fingerprint density at radius 1 is 1.12 bits per heavy atom. The molecular weight excluding hydrogens is 427 g/mol. The highest BCUT2D eigenvalue weighted by Crippen LogP contribution is 2.28. The molecule has 0 spiro atoms. The first-order valence-electron chi connectivity index (χ1n) is 10.6. The minimum absolute atomic E-state index is 0.0850. The lowest BCUT2D eigenvalue weighted by molar-refractivity contribution is -0.113. The second-order valence-corrected chi connectivity index (χ2v) is 9.41. The van der Waals surface area contributed by atoms with E-state index in [9.17, 15) is 9.18 Å². The zero-order chi connectivity index (χ0) is 23.3. The summed E-state index contributed by atoms with van der Waals surface area (Å²) in [6.45, 7) is 11.1. The first-order valence-corrected chi connectivity index (χ1v) is 11.5. The van der Waals surface area contributed by atoms with Gasteiger partial charge in [0.05, 0.1) is 5.75 Å². The van der Waals surface area contributed by atoms with Crippen molar-refractivity contribution >= 4 is 23.4 Å². The van der Waals surface area contributed by atoms with Gasteiger partial charge in [-0.1, -0.05) is 44.7 Å². The lowest BCUT2D eigenvalue weighted by Gasteiger charge is -2.20. The van der Waals surface area contributed by atoms with E-state index in [1.165, 1.54) is 41.6 Å². The van der Waals surface area contributed by atoms with Crippen LogP contribution in [0.5, 0.6) is 5.75 Å². The monoisotopic (exact) mass is 456 g/mol. The molecular formula is C24H29FN4O2S. The van der Waals surface area contributed by atoms with E-state index in [-0.39, 0.29) is 29.0 Å². The van der Waals surface area contributed by atoms with E-state index < -0.39 is 0 Å². The van der Waals surface area contributed by atoms with Gasteiger partial charge in [-0.2, -0.15) is 0 Å². The Kier molecular flexibility index (Phi) is 7.56. The number of amides is 1. The second-order valence-electron chi connectivity index (χ2n) is 8.46. The quantitative estimate of drug-likeness (QED) is 0.447. The van der Waals surface area contributed by atoms with Crippen molar-refractivity contribution in [2.24, 2.45) is 0 Å². The third-order valence-corrected chi connectivity index (χ3v) is 5.89. The fourth-order valence-corrected chi connectivity index (χ4v) is 3.96. The van der Waals surface area contributed by atoms with Crippen molar-refractivity contribution in [3.8, 4) is 5.75 Å². The molecule has 32 heavy (non-hydrogen) atoms. The summed E-state index contributed by atoms with van der Waals surface area (Å²) in [6, 6.07) is 13.8. The van der Waals surface area contributed by atoms with Gasteiger partial charge < -0.3 is 14.6 Å². The van der Waals surface area contributed by atoms with Crippen molar-refractivity contribution in [3.05, 3.63) is 65.7 Å². The molecule has 1 unspecified atom stereocenters. The predicted octanol–water partition coefficient (Wildman–Crippen LogP) is 5.61. The minimum Gasteiger partial charge on any atom is -0.483 e. The van der Waals surface area contributed by atoms with E-state index in [1.807, 2.05) is 30.5 Å². The molecule has 1 atom stereocenters. The van der Waals surface area contributed by atoms with Crippen LogP contribution in [0.3, 0.4) is 0 Å².